The number of carbonyl (C=O) groups is 2. The molecule has 3 amide bonds. The van der Waals surface area contributed by atoms with E-state index in [0.717, 1.165) is 48.9 Å². The van der Waals surface area contributed by atoms with Crippen molar-refractivity contribution < 1.29 is 9.59 Å². The first-order valence-corrected chi connectivity index (χ1v) is 11.4. The normalized spacial score (nSPS) is 17.5. The van der Waals surface area contributed by atoms with Gasteiger partial charge in [-0.3, -0.25) is 4.79 Å². The Morgan fingerprint density at radius 1 is 1.14 bits per heavy atom. The van der Waals surface area contributed by atoms with Crippen LogP contribution in [0.15, 0.2) is 22.7 Å². The number of amides is 3. The maximum atomic E-state index is 13.2. The summed E-state index contributed by atoms with van der Waals surface area (Å²) in [4.78, 5) is 35.1. The van der Waals surface area contributed by atoms with E-state index in [-0.39, 0.29) is 17.9 Å². The highest BCUT2D eigenvalue weighted by atomic mass is 79.9. The molecule has 0 spiro atoms. The minimum absolute atomic E-state index is 0.0224. The number of aromatic amines is 1. The second-order valence-electron chi connectivity index (χ2n) is 7.97. The molecule has 0 aliphatic carbocycles. The third-order valence-corrected chi connectivity index (χ3v) is 7.08. The lowest BCUT2D eigenvalue weighted by Crippen LogP contribution is -2.49. The number of likely N-dealkylation sites (tertiary alicyclic amines) is 1. The van der Waals surface area contributed by atoms with Gasteiger partial charge in [0.2, 0.25) is 5.91 Å². The second kappa shape index (κ2) is 8.38. The molecule has 3 heterocycles. The van der Waals surface area contributed by atoms with Crippen molar-refractivity contribution in [2.24, 2.45) is 5.92 Å². The third-order valence-electron chi connectivity index (χ3n) is 6.42. The van der Waals surface area contributed by atoms with E-state index in [2.05, 4.69) is 27.0 Å². The van der Waals surface area contributed by atoms with Gasteiger partial charge in [-0.15, -0.1) is 0 Å². The minimum atomic E-state index is 0.0224. The van der Waals surface area contributed by atoms with Gasteiger partial charge in [0, 0.05) is 72.7 Å². The molecule has 0 radical (unpaired) electrons. The summed E-state index contributed by atoms with van der Waals surface area (Å²) in [6, 6.07) is 6.32. The van der Waals surface area contributed by atoms with E-state index in [0.29, 0.717) is 19.6 Å². The van der Waals surface area contributed by atoms with Gasteiger partial charge in [-0.2, -0.15) is 0 Å². The van der Waals surface area contributed by atoms with Gasteiger partial charge >= 0.3 is 6.03 Å². The number of hydrogen-bond donors (Lipinski definition) is 1. The first kappa shape index (κ1) is 20.3. The highest BCUT2D eigenvalue weighted by Crippen LogP contribution is 2.33. The first-order chi connectivity index (χ1) is 14.0. The molecule has 156 valence electrons. The number of urea groups is 1. The molecule has 0 unspecified atom stereocenters. The molecule has 1 aromatic carbocycles. The Morgan fingerprint density at radius 2 is 1.86 bits per heavy atom. The quantitative estimate of drug-likeness (QED) is 0.752. The van der Waals surface area contributed by atoms with Gasteiger partial charge in [0.25, 0.3) is 0 Å². The van der Waals surface area contributed by atoms with Gasteiger partial charge in [-0.1, -0.05) is 12.1 Å². The van der Waals surface area contributed by atoms with Crippen LogP contribution in [0.3, 0.4) is 0 Å². The van der Waals surface area contributed by atoms with E-state index in [1.165, 1.54) is 16.6 Å². The van der Waals surface area contributed by atoms with Gasteiger partial charge in [0.15, 0.2) is 0 Å². The molecular weight excluding hydrogens is 432 g/mol. The van der Waals surface area contributed by atoms with Crippen LogP contribution in [-0.4, -0.2) is 64.3 Å². The fraction of sp³-hybridized carbons (Fsp3) is 0.545. The Labute approximate surface area is 180 Å². The van der Waals surface area contributed by atoms with E-state index < -0.39 is 0 Å². The van der Waals surface area contributed by atoms with Crippen LogP contribution in [0.25, 0.3) is 10.9 Å². The highest BCUT2D eigenvalue weighted by molar-refractivity contribution is 9.10. The lowest BCUT2D eigenvalue weighted by Gasteiger charge is -2.37. The zero-order valence-electron chi connectivity index (χ0n) is 17.2. The van der Waals surface area contributed by atoms with Crippen molar-refractivity contribution in [2.75, 3.05) is 32.7 Å². The number of carbonyl (C=O) groups excluding carboxylic acids is 2. The lowest BCUT2D eigenvalue weighted by atomic mass is 9.94. The van der Waals surface area contributed by atoms with Gasteiger partial charge in [0.05, 0.1) is 5.52 Å². The van der Waals surface area contributed by atoms with Crippen LogP contribution in [0.2, 0.25) is 0 Å². The van der Waals surface area contributed by atoms with Crippen LogP contribution in [0.5, 0.6) is 0 Å². The largest absolute Gasteiger partial charge is 0.357 e. The molecule has 2 aromatic rings. The number of para-hydroxylation sites is 1. The summed E-state index contributed by atoms with van der Waals surface area (Å²) in [5.41, 5.74) is 3.61. The average molecular weight is 461 g/mol. The number of rotatable bonds is 3. The molecular formula is C22H29BrN4O2. The van der Waals surface area contributed by atoms with Crippen LogP contribution >= 0.6 is 15.9 Å². The Hall–Kier alpha value is -2.02. The average Bonchev–Trinajstić information content (AvgIpc) is 3.13. The zero-order chi connectivity index (χ0) is 20.5. The summed E-state index contributed by atoms with van der Waals surface area (Å²) in [7, 11) is 0. The van der Waals surface area contributed by atoms with E-state index in [1.807, 2.05) is 40.7 Å². The molecule has 4 rings (SSSR count). The predicted molar refractivity (Wildman–Crippen MR) is 118 cm³/mol. The molecule has 0 atom stereocenters. The van der Waals surface area contributed by atoms with Crippen LogP contribution in [0.4, 0.5) is 4.79 Å². The Balaban J connectivity index is 1.41. The van der Waals surface area contributed by atoms with Crippen LogP contribution < -0.4 is 0 Å². The summed E-state index contributed by atoms with van der Waals surface area (Å²) in [5.74, 6) is 0.268. The number of halogens is 1. The fourth-order valence-electron chi connectivity index (χ4n) is 4.66. The Kier molecular flexibility index (Phi) is 5.86. The summed E-state index contributed by atoms with van der Waals surface area (Å²) < 4.78 is 1.06. The van der Waals surface area contributed by atoms with Crippen LogP contribution in [-0.2, 0) is 17.8 Å². The van der Waals surface area contributed by atoms with Crippen molar-refractivity contribution in [3.63, 3.8) is 0 Å². The van der Waals surface area contributed by atoms with Gasteiger partial charge in [-0.25, -0.2) is 4.79 Å². The molecule has 7 heteroatoms. The van der Waals surface area contributed by atoms with Gasteiger partial charge in [-0.05, 0) is 48.7 Å². The van der Waals surface area contributed by atoms with Crippen molar-refractivity contribution in [3.8, 4) is 0 Å². The molecule has 0 saturated carbocycles. The molecule has 0 bridgehead atoms. The van der Waals surface area contributed by atoms with E-state index in [1.54, 1.807) is 0 Å². The standard InChI is InChI=1S/C22H29BrN4O2/c1-3-25(4-2)22(29)26-11-8-15(9-12-26)21(28)27-13-10-19-17(14-27)16-6-5-7-18(23)20(16)24-19/h5-7,15,24H,3-4,8-14H2,1-2H3. The van der Waals surface area contributed by atoms with Crippen molar-refractivity contribution in [1.82, 2.24) is 19.7 Å². The molecule has 6 nitrogen and oxygen atoms in total. The maximum Gasteiger partial charge on any atom is 0.319 e. The Bertz CT molecular complexity index is 913. The number of hydrogen-bond acceptors (Lipinski definition) is 2. The van der Waals surface area contributed by atoms with Crippen molar-refractivity contribution >= 4 is 38.8 Å². The highest BCUT2D eigenvalue weighted by Gasteiger charge is 2.33. The molecule has 2 aliphatic rings. The number of piperidine rings is 1. The van der Waals surface area contributed by atoms with Crippen molar-refractivity contribution in [1.29, 1.82) is 0 Å². The van der Waals surface area contributed by atoms with E-state index in [9.17, 15) is 9.59 Å². The summed E-state index contributed by atoms with van der Waals surface area (Å²) in [5, 5.41) is 1.20. The summed E-state index contributed by atoms with van der Waals surface area (Å²) >= 11 is 3.62. The molecule has 1 aromatic heterocycles. The van der Waals surface area contributed by atoms with Crippen molar-refractivity contribution in [3.05, 3.63) is 33.9 Å². The maximum absolute atomic E-state index is 13.2. The van der Waals surface area contributed by atoms with Gasteiger partial charge < -0.3 is 19.7 Å². The first-order valence-electron chi connectivity index (χ1n) is 10.6. The predicted octanol–water partition coefficient (Wildman–Crippen LogP) is 3.99. The van der Waals surface area contributed by atoms with Gasteiger partial charge in [0.1, 0.15) is 0 Å². The van der Waals surface area contributed by atoms with Crippen LogP contribution in [0.1, 0.15) is 37.9 Å². The number of benzene rings is 1. The number of fused-ring (bicyclic) bond motifs is 3. The third kappa shape index (κ3) is 3.77. The van der Waals surface area contributed by atoms with Crippen molar-refractivity contribution in [2.45, 2.75) is 39.7 Å². The monoisotopic (exact) mass is 460 g/mol. The number of nitrogens with zero attached hydrogens (tertiary/aromatic N) is 3. The van der Waals surface area contributed by atoms with E-state index >= 15 is 0 Å². The number of aromatic nitrogens is 1. The second-order valence-corrected chi connectivity index (χ2v) is 8.82. The molecule has 1 fully saturated rings. The smallest absolute Gasteiger partial charge is 0.319 e. The topological polar surface area (TPSA) is 59.7 Å². The molecule has 29 heavy (non-hydrogen) atoms. The fourth-order valence-corrected chi connectivity index (χ4v) is 5.13. The van der Waals surface area contributed by atoms with E-state index in [4.69, 9.17) is 0 Å². The lowest BCUT2D eigenvalue weighted by molar-refractivity contribution is -0.137. The number of nitrogens with one attached hydrogen (secondary N) is 1. The molecule has 1 saturated heterocycles. The molecule has 2 aliphatic heterocycles. The number of H-pyrrole nitrogens is 1. The SMILES string of the molecule is CCN(CC)C(=O)N1CCC(C(=O)N2CCc3[nH]c4c(Br)cccc4c3C2)CC1. The van der Waals surface area contributed by atoms with Crippen LogP contribution in [0, 0.1) is 5.92 Å². The summed E-state index contributed by atoms with van der Waals surface area (Å²) in [6.45, 7) is 8.24. The summed E-state index contributed by atoms with van der Waals surface area (Å²) in [6.07, 6.45) is 2.38. The zero-order valence-corrected chi connectivity index (χ0v) is 18.8. The minimum Gasteiger partial charge on any atom is -0.357 e. The Morgan fingerprint density at radius 3 is 2.55 bits per heavy atom. The molecule has 1 N–H and O–H groups in total.